The van der Waals surface area contributed by atoms with Gasteiger partial charge in [-0.25, -0.2) is 0 Å². The van der Waals surface area contributed by atoms with Crippen LogP contribution in [0.4, 0.5) is 22.0 Å². The summed E-state index contributed by atoms with van der Waals surface area (Å²) in [7, 11) is 0. The molecule has 3 nitrogen and oxygen atoms in total. The van der Waals surface area contributed by atoms with Gasteiger partial charge in [-0.1, -0.05) is 6.07 Å². The highest BCUT2D eigenvalue weighted by Gasteiger charge is 2.72. The van der Waals surface area contributed by atoms with Gasteiger partial charge in [0.25, 0.3) is 0 Å². The summed E-state index contributed by atoms with van der Waals surface area (Å²) in [6, 6.07) is 3.99. The predicted molar refractivity (Wildman–Crippen MR) is 56.9 cm³/mol. The number of pyridine rings is 1. The minimum atomic E-state index is -5.97. The normalized spacial score (nSPS) is 15.9. The Labute approximate surface area is 109 Å². The Morgan fingerprint density at radius 1 is 1.05 bits per heavy atom. The third kappa shape index (κ3) is 1.96. The first-order valence-electron chi connectivity index (χ1n) is 5.32. The molecule has 1 atom stereocenters. The smallest absolute Gasteiger partial charge is 0.457 e. The molecule has 0 amide bonds. The van der Waals surface area contributed by atoms with E-state index >= 15 is 0 Å². The Balaban J connectivity index is 2.69. The second-order valence-corrected chi connectivity index (χ2v) is 4.00. The van der Waals surface area contributed by atoms with Crippen LogP contribution < -0.4 is 0 Å². The molecular formula is C12H8F5NO2. The van der Waals surface area contributed by atoms with Crippen molar-refractivity contribution in [1.82, 2.24) is 4.98 Å². The summed E-state index contributed by atoms with van der Waals surface area (Å²) in [6.07, 6.45) is -3.17. The highest BCUT2D eigenvalue weighted by Crippen LogP contribution is 2.51. The van der Waals surface area contributed by atoms with Crippen molar-refractivity contribution in [3.63, 3.8) is 0 Å². The maximum absolute atomic E-state index is 13.8. The lowest BCUT2D eigenvalue weighted by molar-refractivity contribution is -0.339. The Hall–Kier alpha value is -1.96. The molecule has 0 bridgehead atoms. The van der Waals surface area contributed by atoms with Crippen LogP contribution in [0.2, 0.25) is 0 Å². The van der Waals surface area contributed by atoms with E-state index in [2.05, 4.69) is 9.40 Å². The van der Waals surface area contributed by atoms with Gasteiger partial charge in [-0.3, -0.25) is 4.98 Å². The molecule has 2 rings (SSSR count). The zero-order valence-corrected chi connectivity index (χ0v) is 9.73. The fourth-order valence-corrected chi connectivity index (χ4v) is 1.74. The second-order valence-electron chi connectivity index (χ2n) is 4.00. The van der Waals surface area contributed by atoms with Crippen LogP contribution >= 0.6 is 0 Å². The van der Waals surface area contributed by atoms with Crippen LogP contribution in [0.3, 0.4) is 0 Å². The number of hydrogen-bond acceptors (Lipinski definition) is 3. The van der Waals surface area contributed by atoms with Gasteiger partial charge >= 0.3 is 12.1 Å². The molecule has 1 unspecified atom stereocenters. The zero-order valence-electron chi connectivity index (χ0n) is 9.73. The molecule has 0 aliphatic carbocycles. The summed E-state index contributed by atoms with van der Waals surface area (Å²) >= 11 is 0. The number of rotatable bonds is 3. The van der Waals surface area contributed by atoms with E-state index in [1.807, 2.05) is 0 Å². The molecule has 0 radical (unpaired) electrons. The van der Waals surface area contributed by atoms with Gasteiger partial charge in [-0.15, -0.1) is 0 Å². The molecule has 2 heterocycles. The first kappa shape index (κ1) is 14.4. The van der Waals surface area contributed by atoms with E-state index in [4.69, 9.17) is 0 Å². The molecule has 8 heteroatoms. The minimum absolute atomic E-state index is 0.724. The van der Waals surface area contributed by atoms with Crippen molar-refractivity contribution in [1.29, 1.82) is 0 Å². The number of aliphatic hydroxyl groups is 1. The summed E-state index contributed by atoms with van der Waals surface area (Å²) in [6.45, 7) is 0. The van der Waals surface area contributed by atoms with Crippen molar-refractivity contribution in [2.24, 2.45) is 0 Å². The van der Waals surface area contributed by atoms with Crippen molar-refractivity contribution < 1.29 is 31.5 Å². The molecule has 2 aromatic rings. The van der Waals surface area contributed by atoms with Gasteiger partial charge in [0.05, 0.1) is 6.26 Å². The quantitative estimate of drug-likeness (QED) is 0.884. The van der Waals surface area contributed by atoms with Crippen LogP contribution in [0.1, 0.15) is 11.3 Å². The molecule has 0 aliphatic heterocycles. The summed E-state index contributed by atoms with van der Waals surface area (Å²) in [5.41, 5.74) is -4.42. The molecule has 0 fully saturated rings. The Kier molecular flexibility index (Phi) is 3.29. The van der Waals surface area contributed by atoms with Gasteiger partial charge in [-0.2, -0.15) is 22.0 Å². The lowest BCUT2D eigenvalue weighted by Crippen LogP contribution is -2.55. The van der Waals surface area contributed by atoms with Crippen LogP contribution in [0.15, 0.2) is 47.3 Å². The Bertz CT molecular complexity index is 567. The van der Waals surface area contributed by atoms with E-state index < -0.39 is 29.0 Å². The average molecular weight is 293 g/mol. The average Bonchev–Trinajstić information content (AvgIpc) is 2.91. The summed E-state index contributed by atoms with van der Waals surface area (Å²) < 4.78 is 70.0. The van der Waals surface area contributed by atoms with Gasteiger partial charge in [-0.05, 0) is 18.2 Å². The lowest BCUT2D eigenvalue weighted by atomic mass is 9.85. The number of furan rings is 1. The van der Waals surface area contributed by atoms with Crippen molar-refractivity contribution in [3.8, 4) is 0 Å². The van der Waals surface area contributed by atoms with E-state index in [0.29, 0.717) is 0 Å². The van der Waals surface area contributed by atoms with E-state index in [0.717, 1.165) is 36.7 Å². The van der Waals surface area contributed by atoms with E-state index in [-0.39, 0.29) is 0 Å². The third-order valence-corrected chi connectivity index (χ3v) is 2.77. The van der Waals surface area contributed by atoms with Gasteiger partial charge in [0.15, 0.2) is 0 Å². The minimum Gasteiger partial charge on any atom is -0.466 e. The number of hydrogen-bond donors (Lipinski definition) is 1. The molecule has 0 saturated carbocycles. The van der Waals surface area contributed by atoms with Crippen molar-refractivity contribution >= 4 is 0 Å². The molecule has 1 N–H and O–H groups in total. The van der Waals surface area contributed by atoms with Crippen molar-refractivity contribution in [3.05, 3.63) is 54.2 Å². The highest BCUT2D eigenvalue weighted by molar-refractivity contribution is 5.33. The first-order chi connectivity index (χ1) is 9.21. The fraction of sp³-hybridized carbons (Fsp3) is 0.250. The summed E-state index contributed by atoms with van der Waals surface area (Å²) in [5.74, 6) is -6.38. The van der Waals surface area contributed by atoms with Crippen LogP contribution in [-0.2, 0) is 5.60 Å². The molecule has 0 saturated heterocycles. The summed E-state index contributed by atoms with van der Waals surface area (Å²) in [5, 5.41) is 10.1. The molecular weight excluding hydrogens is 285 g/mol. The van der Waals surface area contributed by atoms with E-state index in [1.54, 1.807) is 0 Å². The predicted octanol–water partition coefficient (Wildman–Crippen LogP) is 3.11. The first-order valence-corrected chi connectivity index (χ1v) is 5.32. The highest BCUT2D eigenvalue weighted by atomic mass is 19.4. The van der Waals surface area contributed by atoms with Crippen LogP contribution in [0, 0.1) is 0 Å². The molecule has 0 spiro atoms. The zero-order chi connectivity index (χ0) is 15.0. The van der Waals surface area contributed by atoms with E-state index in [9.17, 15) is 27.1 Å². The largest absolute Gasteiger partial charge is 0.466 e. The molecule has 2 aromatic heterocycles. The van der Waals surface area contributed by atoms with Crippen LogP contribution in [0.25, 0.3) is 0 Å². The molecule has 20 heavy (non-hydrogen) atoms. The fourth-order valence-electron chi connectivity index (χ4n) is 1.74. The number of aromatic nitrogens is 1. The molecule has 0 aliphatic rings. The molecule has 0 aromatic carbocycles. The topological polar surface area (TPSA) is 46.3 Å². The SMILES string of the molecule is OC(c1cccnc1)(c1ccco1)C(F)(F)C(F)(F)F. The maximum Gasteiger partial charge on any atom is 0.457 e. The standard InChI is InChI=1S/C12H8F5NO2/c13-11(14,12(15,16)17)10(19,9-4-2-6-20-9)8-3-1-5-18-7-8/h1-7,19H. The second kappa shape index (κ2) is 4.55. The van der Waals surface area contributed by atoms with Gasteiger partial charge in [0.2, 0.25) is 5.60 Å². The Morgan fingerprint density at radius 2 is 1.75 bits per heavy atom. The number of nitrogens with zero attached hydrogens (tertiary/aromatic N) is 1. The molecule has 108 valence electrons. The van der Waals surface area contributed by atoms with Crippen molar-refractivity contribution in [2.75, 3.05) is 0 Å². The van der Waals surface area contributed by atoms with Crippen LogP contribution in [-0.4, -0.2) is 22.2 Å². The van der Waals surface area contributed by atoms with Crippen molar-refractivity contribution in [2.45, 2.75) is 17.7 Å². The number of halogens is 5. The van der Waals surface area contributed by atoms with Crippen LogP contribution in [0.5, 0.6) is 0 Å². The lowest BCUT2D eigenvalue weighted by Gasteiger charge is -2.35. The number of alkyl halides is 5. The third-order valence-electron chi connectivity index (χ3n) is 2.77. The van der Waals surface area contributed by atoms with Gasteiger partial charge < -0.3 is 9.52 Å². The van der Waals surface area contributed by atoms with Gasteiger partial charge in [0.1, 0.15) is 5.76 Å². The summed E-state index contributed by atoms with van der Waals surface area (Å²) in [4.78, 5) is 3.45. The van der Waals surface area contributed by atoms with E-state index in [1.165, 1.54) is 6.20 Å². The van der Waals surface area contributed by atoms with Gasteiger partial charge in [0, 0.05) is 18.0 Å². The monoisotopic (exact) mass is 293 g/mol. The Morgan fingerprint density at radius 3 is 2.20 bits per heavy atom. The maximum atomic E-state index is 13.8.